The zero-order valence-electron chi connectivity index (χ0n) is 10.8. The van der Waals surface area contributed by atoms with Gasteiger partial charge in [-0.2, -0.15) is 0 Å². The van der Waals surface area contributed by atoms with Crippen molar-refractivity contribution in [2.45, 2.75) is 6.10 Å². The van der Waals surface area contributed by atoms with E-state index in [0.29, 0.717) is 18.2 Å². The van der Waals surface area contributed by atoms with E-state index in [0.717, 1.165) is 23.1 Å². The van der Waals surface area contributed by atoms with Crippen LogP contribution in [0.1, 0.15) is 0 Å². The number of anilines is 1. The first-order chi connectivity index (χ1) is 9.65. The quantitative estimate of drug-likeness (QED) is 0.655. The minimum Gasteiger partial charge on any atom is -0.385 e. The smallest absolute Gasteiger partial charge is 0.131 e. The summed E-state index contributed by atoms with van der Waals surface area (Å²) in [6.07, 6.45) is 1.42. The van der Waals surface area contributed by atoms with E-state index in [1.165, 1.54) is 0 Å². The number of nitrogens with zero attached hydrogens (tertiary/aromatic N) is 2. The van der Waals surface area contributed by atoms with Crippen molar-refractivity contribution in [2.24, 2.45) is 5.73 Å². The molecule has 1 saturated heterocycles. The summed E-state index contributed by atoms with van der Waals surface area (Å²) in [4.78, 5) is 6.52. The summed E-state index contributed by atoms with van der Waals surface area (Å²) < 4.78 is 5.49. The number of ether oxygens (including phenoxy) is 1. The number of nitrogens with one attached hydrogen (secondary N) is 1. The lowest BCUT2D eigenvalue weighted by molar-refractivity contribution is 0.0827. The van der Waals surface area contributed by atoms with Crippen LogP contribution in [0.15, 0.2) is 30.5 Å². The van der Waals surface area contributed by atoms with Gasteiger partial charge >= 0.3 is 0 Å². The number of halogens is 1. The average molecular weight is 291 g/mol. The van der Waals surface area contributed by atoms with Gasteiger partial charge in [-0.3, -0.25) is 10.4 Å². The summed E-state index contributed by atoms with van der Waals surface area (Å²) in [6.45, 7) is 1.91. The van der Waals surface area contributed by atoms with E-state index in [9.17, 15) is 0 Å². The molecule has 0 amide bonds. The first-order valence-corrected chi connectivity index (χ1v) is 6.77. The topological polar surface area (TPSA) is 75.2 Å². The van der Waals surface area contributed by atoms with Crippen LogP contribution in [0.25, 0.3) is 10.9 Å². The molecule has 1 fully saturated rings. The summed E-state index contributed by atoms with van der Waals surface area (Å²) in [6, 6.07) is 7.65. The molecule has 3 N–H and O–H groups in total. The van der Waals surface area contributed by atoms with Crippen molar-refractivity contribution in [3.63, 3.8) is 0 Å². The lowest BCUT2D eigenvalue weighted by Gasteiger charge is -2.34. The standard InChI is InChI=1S/C14H15ClN4O/c15-9-1-2-10-11(7-9)18-4-3-12(10)19-5-6-20-13(8-19)14(16)17/h1-4,7,13H,5-6,8H2,(H3,16,17). The molecule has 0 spiro atoms. The van der Waals surface area contributed by atoms with Gasteiger partial charge < -0.3 is 15.4 Å². The summed E-state index contributed by atoms with van der Waals surface area (Å²) in [5.41, 5.74) is 7.47. The lowest BCUT2D eigenvalue weighted by Crippen LogP contribution is -2.48. The average Bonchev–Trinajstić information content (AvgIpc) is 2.46. The SMILES string of the molecule is N=C(N)C1CN(c2ccnc3cc(Cl)ccc23)CCO1. The molecule has 1 aliphatic heterocycles. The van der Waals surface area contributed by atoms with Crippen LogP contribution in [-0.4, -0.2) is 36.6 Å². The molecular formula is C14H15ClN4O. The molecule has 6 heteroatoms. The highest BCUT2D eigenvalue weighted by molar-refractivity contribution is 6.31. The second kappa shape index (κ2) is 5.26. The van der Waals surface area contributed by atoms with Gasteiger partial charge in [0.2, 0.25) is 0 Å². The molecule has 3 rings (SSSR count). The summed E-state index contributed by atoms with van der Waals surface area (Å²) in [7, 11) is 0. The maximum atomic E-state index is 7.53. The largest absolute Gasteiger partial charge is 0.385 e. The fraction of sp³-hybridized carbons (Fsp3) is 0.286. The van der Waals surface area contributed by atoms with Crippen molar-refractivity contribution in [3.05, 3.63) is 35.5 Å². The van der Waals surface area contributed by atoms with E-state index in [1.54, 1.807) is 6.20 Å². The molecule has 0 aliphatic carbocycles. The van der Waals surface area contributed by atoms with Crippen LogP contribution in [0.4, 0.5) is 5.69 Å². The number of benzene rings is 1. The Balaban J connectivity index is 1.99. The number of rotatable bonds is 2. The van der Waals surface area contributed by atoms with Gasteiger partial charge in [-0.1, -0.05) is 11.6 Å². The highest BCUT2D eigenvalue weighted by Crippen LogP contribution is 2.28. The molecule has 0 radical (unpaired) electrons. The van der Waals surface area contributed by atoms with Crippen LogP contribution >= 0.6 is 11.6 Å². The Morgan fingerprint density at radius 1 is 1.45 bits per heavy atom. The van der Waals surface area contributed by atoms with E-state index in [4.69, 9.17) is 27.5 Å². The third-order valence-electron chi connectivity index (χ3n) is 3.44. The molecule has 1 unspecified atom stereocenters. The van der Waals surface area contributed by atoms with E-state index in [-0.39, 0.29) is 11.9 Å². The molecule has 20 heavy (non-hydrogen) atoms. The predicted molar refractivity (Wildman–Crippen MR) is 80.6 cm³/mol. The minimum absolute atomic E-state index is 0.0658. The molecule has 2 heterocycles. The van der Waals surface area contributed by atoms with Crippen LogP contribution in [0.3, 0.4) is 0 Å². The normalized spacial score (nSPS) is 19.2. The highest BCUT2D eigenvalue weighted by Gasteiger charge is 2.23. The first-order valence-electron chi connectivity index (χ1n) is 6.40. The van der Waals surface area contributed by atoms with Crippen molar-refractivity contribution >= 4 is 34.0 Å². The Morgan fingerprint density at radius 2 is 2.30 bits per heavy atom. The molecule has 5 nitrogen and oxygen atoms in total. The van der Waals surface area contributed by atoms with Crippen LogP contribution in [-0.2, 0) is 4.74 Å². The van der Waals surface area contributed by atoms with Gasteiger partial charge in [0.05, 0.1) is 18.7 Å². The van der Waals surface area contributed by atoms with Gasteiger partial charge in [0.15, 0.2) is 0 Å². The van der Waals surface area contributed by atoms with E-state index in [2.05, 4.69) is 9.88 Å². The van der Waals surface area contributed by atoms with Gasteiger partial charge in [-0.25, -0.2) is 0 Å². The third kappa shape index (κ3) is 2.42. The number of amidine groups is 1. The fourth-order valence-electron chi connectivity index (χ4n) is 2.44. The zero-order valence-corrected chi connectivity index (χ0v) is 11.6. The summed E-state index contributed by atoms with van der Waals surface area (Å²) in [5.74, 6) is 0.0658. The monoisotopic (exact) mass is 290 g/mol. The number of fused-ring (bicyclic) bond motifs is 1. The molecule has 1 aromatic carbocycles. The van der Waals surface area contributed by atoms with Crippen molar-refractivity contribution in [3.8, 4) is 0 Å². The zero-order chi connectivity index (χ0) is 14.1. The minimum atomic E-state index is -0.348. The first kappa shape index (κ1) is 13.1. The van der Waals surface area contributed by atoms with Crippen molar-refractivity contribution < 1.29 is 4.74 Å². The van der Waals surface area contributed by atoms with Crippen LogP contribution in [0.5, 0.6) is 0 Å². The number of hydrogen-bond donors (Lipinski definition) is 2. The van der Waals surface area contributed by atoms with Crippen molar-refractivity contribution in [1.82, 2.24) is 4.98 Å². The van der Waals surface area contributed by atoms with Gasteiger partial charge in [-0.05, 0) is 24.3 Å². The Hall–Kier alpha value is -1.85. The molecule has 1 aromatic heterocycles. The Bertz CT molecular complexity index is 661. The maximum absolute atomic E-state index is 7.53. The van der Waals surface area contributed by atoms with Gasteiger partial charge in [0, 0.05) is 28.8 Å². The van der Waals surface area contributed by atoms with E-state index in [1.807, 2.05) is 24.3 Å². The summed E-state index contributed by atoms with van der Waals surface area (Å²) >= 11 is 6.00. The van der Waals surface area contributed by atoms with Crippen molar-refractivity contribution in [1.29, 1.82) is 5.41 Å². The molecule has 2 aromatic rings. The van der Waals surface area contributed by atoms with Gasteiger partial charge in [0.1, 0.15) is 11.9 Å². The number of hydrogen-bond acceptors (Lipinski definition) is 4. The third-order valence-corrected chi connectivity index (χ3v) is 3.67. The van der Waals surface area contributed by atoms with Gasteiger partial charge in [0.25, 0.3) is 0 Å². The Morgan fingerprint density at radius 3 is 3.10 bits per heavy atom. The molecule has 1 aliphatic rings. The van der Waals surface area contributed by atoms with Crippen molar-refractivity contribution in [2.75, 3.05) is 24.6 Å². The molecular weight excluding hydrogens is 276 g/mol. The number of aromatic nitrogens is 1. The van der Waals surface area contributed by atoms with E-state index < -0.39 is 0 Å². The van der Waals surface area contributed by atoms with Crippen LogP contribution < -0.4 is 10.6 Å². The van der Waals surface area contributed by atoms with Crippen LogP contribution in [0, 0.1) is 5.41 Å². The summed E-state index contributed by atoms with van der Waals surface area (Å²) in [5, 5.41) is 9.24. The molecule has 0 bridgehead atoms. The van der Waals surface area contributed by atoms with Gasteiger partial charge in [-0.15, -0.1) is 0 Å². The lowest BCUT2D eigenvalue weighted by atomic mass is 10.1. The van der Waals surface area contributed by atoms with Crippen LogP contribution in [0.2, 0.25) is 5.02 Å². The number of nitrogens with two attached hydrogens (primary N) is 1. The second-order valence-electron chi connectivity index (χ2n) is 4.75. The molecule has 104 valence electrons. The Labute approximate surface area is 121 Å². The van der Waals surface area contributed by atoms with E-state index >= 15 is 0 Å². The number of morpholine rings is 1. The second-order valence-corrected chi connectivity index (χ2v) is 5.19. The fourth-order valence-corrected chi connectivity index (χ4v) is 2.60. The highest BCUT2D eigenvalue weighted by atomic mass is 35.5. The molecule has 0 saturated carbocycles. The predicted octanol–water partition coefficient (Wildman–Crippen LogP) is 2.03. The number of pyridine rings is 1. The maximum Gasteiger partial charge on any atom is 0.131 e. The Kier molecular flexibility index (Phi) is 3.46. The molecule has 1 atom stereocenters.